The number of carbonyl (C=O) groups is 1. The number of amides is 1. The Hall–Kier alpha value is -2.88. The number of hydrogen-bond acceptors (Lipinski definition) is 2. The van der Waals surface area contributed by atoms with Crippen molar-refractivity contribution in [2.24, 2.45) is 0 Å². The molecule has 1 amide bonds. The number of carbonyl (C=O) groups excluding carboxylic acids is 1. The lowest BCUT2D eigenvalue weighted by atomic mass is 10.0. The monoisotopic (exact) mass is 291 g/mol. The Bertz CT molecular complexity index is 807. The Labute approximate surface area is 129 Å². The standard InChI is InChI=1S/C18H17N3O/c1-12-6-7-13(2)16(10-12)18(22)20-15-5-3-4-14(11-15)17-8-9-19-21-17/h3-11H,1-2H3,(H,19,21)(H,20,22). The number of anilines is 1. The predicted octanol–water partition coefficient (Wildman–Crippen LogP) is 3.95. The summed E-state index contributed by atoms with van der Waals surface area (Å²) in [6.45, 7) is 3.92. The lowest BCUT2D eigenvalue weighted by Crippen LogP contribution is -2.13. The minimum atomic E-state index is -0.0945. The van der Waals surface area contributed by atoms with Gasteiger partial charge < -0.3 is 5.32 Å². The van der Waals surface area contributed by atoms with Gasteiger partial charge in [-0.3, -0.25) is 9.89 Å². The fourth-order valence-electron chi connectivity index (χ4n) is 2.36. The zero-order chi connectivity index (χ0) is 15.5. The summed E-state index contributed by atoms with van der Waals surface area (Å²) in [4.78, 5) is 12.5. The molecule has 22 heavy (non-hydrogen) atoms. The molecule has 4 heteroatoms. The van der Waals surface area contributed by atoms with Gasteiger partial charge in [0.1, 0.15) is 0 Å². The fourth-order valence-corrected chi connectivity index (χ4v) is 2.36. The van der Waals surface area contributed by atoms with Gasteiger partial charge in [0, 0.05) is 23.0 Å². The summed E-state index contributed by atoms with van der Waals surface area (Å²) in [5, 5.41) is 9.82. The molecule has 1 aromatic heterocycles. The lowest BCUT2D eigenvalue weighted by Gasteiger charge is -2.09. The van der Waals surface area contributed by atoms with E-state index >= 15 is 0 Å². The van der Waals surface area contributed by atoms with Gasteiger partial charge in [-0.15, -0.1) is 0 Å². The second-order valence-electron chi connectivity index (χ2n) is 5.32. The maximum absolute atomic E-state index is 12.5. The van der Waals surface area contributed by atoms with Crippen LogP contribution in [0.4, 0.5) is 5.69 Å². The highest BCUT2D eigenvalue weighted by Crippen LogP contribution is 2.21. The zero-order valence-corrected chi connectivity index (χ0v) is 12.6. The molecule has 4 nitrogen and oxygen atoms in total. The second-order valence-corrected chi connectivity index (χ2v) is 5.32. The quantitative estimate of drug-likeness (QED) is 0.767. The first kappa shape index (κ1) is 14.1. The molecule has 0 saturated heterocycles. The average Bonchev–Trinajstić information content (AvgIpc) is 3.04. The van der Waals surface area contributed by atoms with Crippen LogP contribution in [-0.2, 0) is 0 Å². The number of aryl methyl sites for hydroxylation is 2. The maximum atomic E-state index is 12.5. The van der Waals surface area contributed by atoms with E-state index in [-0.39, 0.29) is 5.91 Å². The second kappa shape index (κ2) is 5.85. The van der Waals surface area contributed by atoms with Crippen molar-refractivity contribution in [3.63, 3.8) is 0 Å². The molecule has 0 fully saturated rings. The van der Waals surface area contributed by atoms with Gasteiger partial charge in [-0.1, -0.05) is 29.8 Å². The Morgan fingerprint density at radius 1 is 1.09 bits per heavy atom. The van der Waals surface area contributed by atoms with Crippen LogP contribution in [0.5, 0.6) is 0 Å². The predicted molar refractivity (Wildman–Crippen MR) is 87.9 cm³/mol. The van der Waals surface area contributed by atoms with Gasteiger partial charge in [-0.25, -0.2) is 0 Å². The summed E-state index contributed by atoms with van der Waals surface area (Å²) in [6, 6.07) is 15.5. The smallest absolute Gasteiger partial charge is 0.255 e. The van der Waals surface area contributed by atoms with E-state index in [1.165, 1.54) is 0 Å². The van der Waals surface area contributed by atoms with Crippen molar-refractivity contribution in [1.82, 2.24) is 10.2 Å². The number of H-pyrrole nitrogens is 1. The SMILES string of the molecule is Cc1ccc(C)c(C(=O)Nc2cccc(-c3ccn[nH]3)c2)c1. The molecule has 0 spiro atoms. The van der Waals surface area contributed by atoms with E-state index in [1.54, 1.807) is 6.20 Å². The van der Waals surface area contributed by atoms with Gasteiger partial charge in [0.25, 0.3) is 5.91 Å². The minimum absolute atomic E-state index is 0.0945. The van der Waals surface area contributed by atoms with Gasteiger partial charge in [0.05, 0.1) is 5.69 Å². The highest BCUT2D eigenvalue weighted by Gasteiger charge is 2.10. The van der Waals surface area contributed by atoms with E-state index in [0.717, 1.165) is 28.1 Å². The van der Waals surface area contributed by atoms with Gasteiger partial charge in [-0.2, -0.15) is 5.10 Å². The molecule has 110 valence electrons. The van der Waals surface area contributed by atoms with Crippen LogP contribution < -0.4 is 5.32 Å². The highest BCUT2D eigenvalue weighted by molar-refractivity contribution is 6.05. The molecule has 2 N–H and O–H groups in total. The molecule has 0 aliphatic heterocycles. The molecule has 1 heterocycles. The van der Waals surface area contributed by atoms with E-state index < -0.39 is 0 Å². The van der Waals surface area contributed by atoms with Crippen LogP contribution in [0.25, 0.3) is 11.3 Å². The van der Waals surface area contributed by atoms with Crippen LogP contribution in [0.15, 0.2) is 54.7 Å². The third-order valence-corrected chi connectivity index (χ3v) is 3.57. The Kier molecular flexibility index (Phi) is 3.74. The first-order chi connectivity index (χ1) is 10.6. The van der Waals surface area contributed by atoms with E-state index in [1.807, 2.05) is 62.4 Å². The minimum Gasteiger partial charge on any atom is -0.322 e. The van der Waals surface area contributed by atoms with Crippen molar-refractivity contribution in [2.75, 3.05) is 5.32 Å². The molecule has 3 rings (SSSR count). The number of hydrogen-bond donors (Lipinski definition) is 2. The van der Waals surface area contributed by atoms with Crippen LogP contribution in [0, 0.1) is 13.8 Å². The first-order valence-corrected chi connectivity index (χ1v) is 7.12. The van der Waals surface area contributed by atoms with Crippen LogP contribution in [-0.4, -0.2) is 16.1 Å². The number of nitrogens with one attached hydrogen (secondary N) is 2. The molecule has 0 radical (unpaired) electrons. The molecule has 0 aliphatic rings. The molecular formula is C18H17N3O. The first-order valence-electron chi connectivity index (χ1n) is 7.12. The molecule has 0 bridgehead atoms. The third-order valence-electron chi connectivity index (χ3n) is 3.57. The summed E-state index contributed by atoms with van der Waals surface area (Å²) in [5.41, 5.74) is 5.40. The molecule has 3 aromatic rings. The largest absolute Gasteiger partial charge is 0.322 e. The maximum Gasteiger partial charge on any atom is 0.255 e. The van der Waals surface area contributed by atoms with E-state index in [4.69, 9.17) is 0 Å². The third kappa shape index (κ3) is 2.91. The Morgan fingerprint density at radius 2 is 1.95 bits per heavy atom. The number of benzene rings is 2. The Morgan fingerprint density at radius 3 is 2.73 bits per heavy atom. The van der Waals surface area contributed by atoms with Crippen molar-refractivity contribution in [3.8, 4) is 11.3 Å². The topological polar surface area (TPSA) is 57.8 Å². The van der Waals surface area contributed by atoms with Crippen LogP contribution in [0.3, 0.4) is 0 Å². The number of aromatic amines is 1. The summed E-state index contributed by atoms with van der Waals surface area (Å²) in [6.07, 6.45) is 1.71. The van der Waals surface area contributed by atoms with Gasteiger partial charge in [0.15, 0.2) is 0 Å². The van der Waals surface area contributed by atoms with Crippen molar-refractivity contribution in [2.45, 2.75) is 13.8 Å². The van der Waals surface area contributed by atoms with Crippen molar-refractivity contribution in [3.05, 3.63) is 71.4 Å². The highest BCUT2D eigenvalue weighted by atomic mass is 16.1. The number of nitrogens with zero attached hydrogens (tertiary/aromatic N) is 1. The van der Waals surface area contributed by atoms with Gasteiger partial charge in [0.2, 0.25) is 0 Å². The van der Waals surface area contributed by atoms with Crippen molar-refractivity contribution in [1.29, 1.82) is 0 Å². The molecule has 0 saturated carbocycles. The van der Waals surface area contributed by atoms with Crippen LogP contribution in [0.1, 0.15) is 21.5 Å². The van der Waals surface area contributed by atoms with Crippen molar-refractivity contribution >= 4 is 11.6 Å². The summed E-state index contributed by atoms with van der Waals surface area (Å²) < 4.78 is 0. The Balaban J connectivity index is 1.85. The fraction of sp³-hybridized carbons (Fsp3) is 0.111. The van der Waals surface area contributed by atoms with Gasteiger partial charge in [-0.05, 0) is 43.7 Å². The zero-order valence-electron chi connectivity index (χ0n) is 12.6. The molecule has 0 aliphatic carbocycles. The molecule has 2 aromatic carbocycles. The molecule has 0 unspecified atom stereocenters. The van der Waals surface area contributed by atoms with E-state index in [2.05, 4.69) is 15.5 Å². The normalized spacial score (nSPS) is 10.5. The number of aromatic nitrogens is 2. The van der Waals surface area contributed by atoms with Crippen molar-refractivity contribution < 1.29 is 4.79 Å². The van der Waals surface area contributed by atoms with E-state index in [9.17, 15) is 4.79 Å². The summed E-state index contributed by atoms with van der Waals surface area (Å²) >= 11 is 0. The lowest BCUT2D eigenvalue weighted by molar-refractivity contribution is 0.102. The summed E-state index contributed by atoms with van der Waals surface area (Å²) in [7, 11) is 0. The summed E-state index contributed by atoms with van der Waals surface area (Å²) in [5.74, 6) is -0.0945. The average molecular weight is 291 g/mol. The van der Waals surface area contributed by atoms with Crippen LogP contribution >= 0.6 is 0 Å². The molecule has 0 atom stereocenters. The van der Waals surface area contributed by atoms with Gasteiger partial charge >= 0.3 is 0 Å². The molecular weight excluding hydrogens is 274 g/mol. The number of rotatable bonds is 3. The van der Waals surface area contributed by atoms with Crippen LogP contribution in [0.2, 0.25) is 0 Å². The van der Waals surface area contributed by atoms with E-state index in [0.29, 0.717) is 5.56 Å².